The Balaban J connectivity index is 2.02. The lowest BCUT2D eigenvalue weighted by molar-refractivity contribution is -0.142. The second-order valence-electron chi connectivity index (χ2n) is 5.39. The first kappa shape index (κ1) is 18.0. The first-order valence-electron chi connectivity index (χ1n) is 7.63. The Kier molecular flexibility index (Phi) is 6.20. The molecule has 2 N–H and O–H groups in total. The Bertz CT molecular complexity index is 535. The zero-order chi connectivity index (χ0) is 16.9. The van der Waals surface area contributed by atoms with Crippen LogP contribution in [0.2, 0.25) is 0 Å². The number of nitrogens with one attached hydrogen (secondary N) is 2. The van der Waals surface area contributed by atoms with E-state index in [0.29, 0.717) is 17.8 Å². The number of halogens is 3. The van der Waals surface area contributed by atoms with Gasteiger partial charge in [-0.2, -0.15) is 30.0 Å². The van der Waals surface area contributed by atoms with Gasteiger partial charge in [0.05, 0.1) is 6.54 Å². The van der Waals surface area contributed by atoms with Gasteiger partial charge in [-0.05, 0) is 25.5 Å². The molecule has 0 aliphatic carbocycles. The number of aliphatic imine (C=N–C) groups is 1. The fourth-order valence-corrected chi connectivity index (χ4v) is 3.61. The average molecular weight is 349 g/mol. The highest BCUT2D eigenvalue weighted by atomic mass is 32.2. The van der Waals surface area contributed by atoms with Gasteiger partial charge >= 0.3 is 6.18 Å². The highest BCUT2D eigenvalue weighted by Crippen LogP contribution is 2.30. The predicted octanol–water partition coefficient (Wildman–Crippen LogP) is 2.39. The van der Waals surface area contributed by atoms with Gasteiger partial charge in [0.1, 0.15) is 0 Å². The molecule has 1 atom stereocenters. The maximum atomic E-state index is 12.9. The third-order valence-corrected chi connectivity index (χ3v) is 4.84. The summed E-state index contributed by atoms with van der Waals surface area (Å²) in [6, 6.07) is 0. The van der Waals surface area contributed by atoms with Gasteiger partial charge in [0.2, 0.25) is 0 Å². The van der Waals surface area contributed by atoms with E-state index in [4.69, 9.17) is 0 Å². The van der Waals surface area contributed by atoms with Crippen molar-refractivity contribution < 1.29 is 13.2 Å². The summed E-state index contributed by atoms with van der Waals surface area (Å²) in [5.74, 6) is 1.71. The fourth-order valence-electron chi connectivity index (χ4n) is 2.41. The van der Waals surface area contributed by atoms with Crippen LogP contribution in [0.1, 0.15) is 31.0 Å². The molecule has 1 aromatic rings. The van der Waals surface area contributed by atoms with Gasteiger partial charge in [0.15, 0.2) is 11.7 Å². The number of aryl methyl sites for hydroxylation is 1. The van der Waals surface area contributed by atoms with Gasteiger partial charge in [-0.25, -0.2) is 4.99 Å². The minimum absolute atomic E-state index is 0.0597. The normalized spacial score (nSPS) is 19.2. The highest BCUT2D eigenvalue weighted by Gasteiger charge is 2.36. The molecule has 1 aromatic heterocycles. The number of rotatable bonds is 5. The predicted molar refractivity (Wildman–Crippen MR) is 86.5 cm³/mol. The Hall–Kier alpha value is -1.38. The van der Waals surface area contributed by atoms with Crippen LogP contribution < -0.4 is 10.6 Å². The van der Waals surface area contributed by atoms with Gasteiger partial charge in [0.25, 0.3) is 0 Å². The Morgan fingerprint density at radius 2 is 2.26 bits per heavy atom. The van der Waals surface area contributed by atoms with Crippen LogP contribution in [-0.4, -0.2) is 39.8 Å². The lowest BCUT2D eigenvalue weighted by Gasteiger charge is -2.14. The number of alkyl halides is 3. The van der Waals surface area contributed by atoms with Crippen molar-refractivity contribution in [2.75, 3.05) is 18.8 Å². The maximum Gasteiger partial charge on any atom is 0.435 e. The molecule has 1 aliphatic rings. The van der Waals surface area contributed by atoms with Gasteiger partial charge in [0, 0.05) is 37.1 Å². The van der Waals surface area contributed by atoms with Gasteiger partial charge in [-0.15, -0.1) is 0 Å². The van der Waals surface area contributed by atoms with Crippen molar-refractivity contribution in [1.82, 2.24) is 20.4 Å². The maximum absolute atomic E-state index is 12.9. The largest absolute Gasteiger partial charge is 0.435 e. The quantitative estimate of drug-likeness (QED) is 0.633. The van der Waals surface area contributed by atoms with Crippen LogP contribution in [0.15, 0.2) is 11.2 Å². The van der Waals surface area contributed by atoms with Gasteiger partial charge in [-0.1, -0.05) is 0 Å². The monoisotopic (exact) mass is 349 g/mol. The van der Waals surface area contributed by atoms with E-state index in [-0.39, 0.29) is 12.1 Å². The molecule has 0 saturated carbocycles. The van der Waals surface area contributed by atoms with E-state index in [1.54, 1.807) is 0 Å². The molecule has 0 amide bonds. The van der Waals surface area contributed by atoms with Crippen molar-refractivity contribution in [3.63, 3.8) is 0 Å². The summed E-state index contributed by atoms with van der Waals surface area (Å²) >= 11 is 1.92. The van der Waals surface area contributed by atoms with Crippen molar-refractivity contribution in [2.24, 2.45) is 12.0 Å². The van der Waals surface area contributed by atoms with Crippen molar-refractivity contribution in [3.8, 4) is 0 Å². The lowest BCUT2D eigenvalue weighted by atomic mass is 10.2. The molecule has 1 unspecified atom stereocenters. The summed E-state index contributed by atoms with van der Waals surface area (Å²) in [6.45, 7) is 3.29. The standard InChI is InChI=1S/C14H22F3N5S/c1-3-18-13(20-8-11-5-4-6-23-11)19-7-10-9-22(2)21-12(10)14(15,16)17/h9,11H,3-8H2,1-2H3,(H2,18,19,20). The summed E-state index contributed by atoms with van der Waals surface area (Å²) in [4.78, 5) is 4.26. The van der Waals surface area contributed by atoms with Crippen molar-refractivity contribution in [3.05, 3.63) is 17.5 Å². The molecule has 0 spiro atoms. The average Bonchev–Trinajstić information content (AvgIpc) is 3.10. The fraction of sp³-hybridized carbons (Fsp3) is 0.714. The van der Waals surface area contributed by atoms with Crippen LogP contribution in [0.4, 0.5) is 13.2 Å². The number of thioether (sulfide) groups is 1. The number of nitrogens with zero attached hydrogens (tertiary/aromatic N) is 3. The first-order chi connectivity index (χ1) is 10.9. The summed E-state index contributed by atoms with van der Waals surface area (Å²) < 4.78 is 40.0. The second-order valence-corrected chi connectivity index (χ2v) is 6.79. The van der Waals surface area contributed by atoms with Crippen LogP contribution in [0.3, 0.4) is 0 Å². The molecular formula is C14H22F3N5S. The van der Waals surface area contributed by atoms with Crippen molar-refractivity contribution in [2.45, 2.75) is 37.7 Å². The highest BCUT2D eigenvalue weighted by molar-refractivity contribution is 8.00. The lowest BCUT2D eigenvalue weighted by Crippen LogP contribution is -2.40. The van der Waals surface area contributed by atoms with Crippen LogP contribution >= 0.6 is 11.8 Å². The van der Waals surface area contributed by atoms with Crippen molar-refractivity contribution in [1.29, 1.82) is 0 Å². The van der Waals surface area contributed by atoms with E-state index in [9.17, 15) is 13.2 Å². The minimum Gasteiger partial charge on any atom is -0.357 e. The molecule has 1 fully saturated rings. The van der Waals surface area contributed by atoms with Crippen LogP contribution in [0.25, 0.3) is 0 Å². The summed E-state index contributed by atoms with van der Waals surface area (Å²) in [6.07, 6.45) is -0.714. The SMILES string of the molecule is CCNC(=NCc1cn(C)nc1C(F)(F)F)NCC1CCCS1. The topological polar surface area (TPSA) is 54.2 Å². The smallest absolute Gasteiger partial charge is 0.357 e. The van der Waals surface area contributed by atoms with E-state index in [1.807, 2.05) is 18.7 Å². The van der Waals surface area contributed by atoms with Crippen molar-refractivity contribution >= 4 is 17.7 Å². The molecule has 9 heteroatoms. The van der Waals surface area contributed by atoms with E-state index in [1.165, 1.54) is 30.1 Å². The Morgan fingerprint density at radius 1 is 1.48 bits per heavy atom. The minimum atomic E-state index is -4.46. The zero-order valence-corrected chi connectivity index (χ0v) is 14.1. The molecule has 130 valence electrons. The molecule has 0 bridgehead atoms. The Labute approximate surface area is 138 Å². The zero-order valence-electron chi connectivity index (χ0n) is 13.3. The molecule has 1 aliphatic heterocycles. The molecule has 23 heavy (non-hydrogen) atoms. The number of guanidine groups is 1. The Morgan fingerprint density at radius 3 is 2.87 bits per heavy atom. The van der Waals surface area contributed by atoms with E-state index in [2.05, 4.69) is 20.7 Å². The molecule has 0 radical (unpaired) electrons. The summed E-state index contributed by atoms with van der Waals surface area (Å²) in [5.41, 5.74) is -0.793. The third kappa shape index (κ3) is 5.33. The summed E-state index contributed by atoms with van der Waals surface area (Å²) in [5, 5.41) is 10.3. The molecule has 5 nitrogen and oxygen atoms in total. The number of hydrogen-bond acceptors (Lipinski definition) is 3. The molecule has 1 saturated heterocycles. The number of aromatic nitrogens is 2. The van der Waals surface area contributed by atoms with Crippen LogP contribution in [0, 0.1) is 0 Å². The molecule has 0 aromatic carbocycles. The van der Waals surface area contributed by atoms with Gasteiger partial charge in [-0.3, -0.25) is 4.68 Å². The second kappa shape index (κ2) is 7.94. The van der Waals surface area contributed by atoms with E-state index >= 15 is 0 Å². The summed E-state index contributed by atoms with van der Waals surface area (Å²) in [7, 11) is 1.48. The van der Waals surface area contributed by atoms with Gasteiger partial charge < -0.3 is 10.6 Å². The molecule has 2 heterocycles. The molecular weight excluding hydrogens is 327 g/mol. The third-order valence-electron chi connectivity index (χ3n) is 3.45. The first-order valence-corrected chi connectivity index (χ1v) is 8.68. The number of hydrogen-bond donors (Lipinski definition) is 2. The van der Waals surface area contributed by atoms with E-state index in [0.717, 1.165) is 13.0 Å². The van der Waals surface area contributed by atoms with Crippen LogP contribution in [0.5, 0.6) is 0 Å². The molecule has 2 rings (SSSR count). The van der Waals surface area contributed by atoms with Crippen LogP contribution in [-0.2, 0) is 19.8 Å². The van der Waals surface area contributed by atoms with E-state index < -0.39 is 11.9 Å².